The summed E-state index contributed by atoms with van der Waals surface area (Å²) in [6.45, 7) is 1.51. The molecule has 0 fully saturated rings. The van der Waals surface area contributed by atoms with E-state index in [1.807, 2.05) is 0 Å². The number of aromatic hydroxyl groups is 1. The molecule has 1 aromatic carbocycles. The van der Waals surface area contributed by atoms with Gasteiger partial charge in [-0.25, -0.2) is 14.1 Å². The highest BCUT2D eigenvalue weighted by Gasteiger charge is 2.23. The maximum atomic E-state index is 14.7. The summed E-state index contributed by atoms with van der Waals surface area (Å²) in [6.07, 6.45) is 1.92. The SMILES string of the molecule is Cc1nn(C)c(=O)c(-c2c(F)ccc(Cl)c2CCc2ccnc(F)c2)c1O. The van der Waals surface area contributed by atoms with E-state index in [0.29, 0.717) is 17.5 Å². The van der Waals surface area contributed by atoms with Gasteiger partial charge in [0, 0.05) is 23.8 Å². The van der Waals surface area contributed by atoms with Gasteiger partial charge in [0.15, 0.2) is 5.75 Å². The molecule has 0 aliphatic heterocycles. The number of pyridine rings is 1. The third kappa shape index (κ3) is 3.68. The van der Waals surface area contributed by atoms with E-state index in [0.717, 1.165) is 10.7 Å². The van der Waals surface area contributed by atoms with Gasteiger partial charge in [0.05, 0.1) is 5.56 Å². The monoisotopic (exact) mass is 391 g/mol. The molecule has 0 atom stereocenters. The quantitative estimate of drug-likeness (QED) is 0.690. The van der Waals surface area contributed by atoms with Crippen molar-refractivity contribution in [1.82, 2.24) is 14.8 Å². The number of hydrogen-bond acceptors (Lipinski definition) is 4. The van der Waals surface area contributed by atoms with Gasteiger partial charge in [0.1, 0.15) is 11.5 Å². The van der Waals surface area contributed by atoms with E-state index in [2.05, 4.69) is 10.1 Å². The lowest BCUT2D eigenvalue weighted by Gasteiger charge is -2.15. The molecule has 0 aliphatic carbocycles. The first-order valence-electron chi connectivity index (χ1n) is 8.14. The fraction of sp³-hybridized carbons (Fsp3) is 0.211. The molecule has 27 heavy (non-hydrogen) atoms. The minimum absolute atomic E-state index is 0.0689. The zero-order chi connectivity index (χ0) is 19.7. The van der Waals surface area contributed by atoms with Crippen LogP contribution in [-0.4, -0.2) is 19.9 Å². The summed E-state index contributed by atoms with van der Waals surface area (Å²) in [5, 5.41) is 14.5. The third-order valence-electron chi connectivity index (χ3n) is 4.30. The van der Waals surface area contributed by atoms with Crippen LogP contribution in [0.15, 0.2) is 35.3 Å². The van der Waals surface area contributed by atoms with Gasteiger partial charge in [-0.1, -0.05) is 11.6 Å². The van der Waals surface area contributed by atoms with E-state index in [1.54, 1.807) is 6.07 Å². The second-order valence-corrected chi connectivity index (χ2v) is 6.51. The van der Waals surface area contributed by atoms with E-state index in [9.17, 15) is 18.7 Å². The molecule has 0 bridgehead atoms. The normalized spacial score (nSPS) is 11.0. The first-order chi connectivity index (χ1) is 12.8. The molecule has 5 nitrogen and oxygen atoms in total. The summed E-state index contributed by atoms with van der Waals surface area (Å²) in [5.74, 6) is -1.70. The zero-order valence-corrected chi connectivity index (χ0v) is 15.4. The molecule has 0 amide bonds. The van der Waals surface area contributed by atoms with Gasteiger partial charge in [-0.05, 0) is 55.2 Å². The van der Waals surface area contributed by atoms with Crippen molar-refractivity contribution in [2.45, 2.75) is 19.8 Å². The largest absolute Gasteiger partial charge is 0.505 e. The van der Waals surface area contributed by atoms with Crippen molar-refractivity contribution in [3.8, 4) is 16.9 Å². The molecular weight excluding hydrogens is 376 g/mol. The number of benzene rings is 1. The third-order valence-corrected chi connectivity index (χ3v) is 4.65. The van der Waals surface area contributed by atoms with Crippen LogP contribution < -0.4 is 5.56 Å². The Hall–Kier alpha value is -2.80. The van der Waals surface area contributed by atoms with Crippen molar-refractivity contribution in [3.63, 3.8) is 0 Å². The van der Waals surface area contributed by atoms with Gasteiger partial charge in [0.25, 0.3) is 5.56 Å². The summed E-state index contributed by atoms with van der Waals surface area (Å²) >= 11 is 6.27. The minimum Gasteiger partial charge on any atom is -0.505 e. The van der Waals surface area contributed by atoms with E-state index in [-0.39, 0.29) is 28.3 Å². The molecule has 0 unspecified atom stereocenters. The van der Waals surface area contributed by atoms with Crippen LogP contribution in [0.2, 0.25) is 5.02 Å². The van der Waals surface area contributed by atoms with Crippen LogP contribution in [0.25, 0.3) is 11.1 Å². The lowest BCUT2D eigenvalue weighted by molar-refractivity contribution is 0.460. The summed E-state index contributed by atoms with van der Waals surface area (Å²) in [7, 11) is 1.42. The molecule has 0 spiro atoms. The van der Waals surface area contributed by atoms with Gasteiger partial charge in [-0.2, -0.15) is 9.49 Å². The van der Waals surface area contributed by atoms with Crippen LogP contribution in [0.1, 0.15) is 16.8 Å². The van der Waals surface area contributed by atoms with Gasteiger partial charge in [0.2, 0.25) is 5.95 Å². The van der Waals surface area contributed by atoms with Crippen LogP contribution >= 0.6 is 11.6 Å². The zero-order valence-electron chi connectivity index (χ0n) is 14.6. The number of halogens is 3. The van der Waals surface area contributed by atoms with Crippen molar-refractivity contribution >= 4 is 11.6 Å². The van der Waals surface area contributed by atoms with Crippen LogP contribution in [0, 0.1) is 18.7 Å². The first-order valence-corrected chi connectivity index (χ1v) is 8.52. The molecule has 8 heteroatoms. The topological polar surface area (TPSA) is 68.0 Å². The Morgan fingerprint density at radius 2 is 1.93 bits per heavy atom. The lowest BCUT2D eigenvalue weighted by Crippen LogP contribution is -2.23. The van der Waals surface area contributed by atoms with E-state index in [1.165, 1.54) is 32.3 Å². The van der Waals surface area contributed by atoms with Crippen LogP contribution in [0.3, 0.4) is 0 Å². The molecule has 3 rings (SSSR count). The Labute approximate surface area is 158 Å². The number of aryl methyl sites for hydroxylation is 3. The first kappa shape index (κ1) is 19.0. The molecule has 1 N–H and O–H groups in total. The van der Waals surface area contributed by atoms with Gasteiger partial charge in [-0.3, -0.25) is 4.79 Å². The highest BCUT2D eigenvalue weighted by molar-refractivity contribution is 6.31. The molecule has 3 aromatic rings. The second kappa shape index (κ2) is 7.44. The smallest absolute Gasteiger partial charge is 0.278 e. The number of rotatable bonds is 4. The van der Waals surface area contributed by atoms with Crippen LogP contribution in [0.4, 0.5) is 8.78 Å². The van der Waals surface area contributed by atoms with Gasteiger partial charge >= 0.3 is 0 Å². The summed E-state index contributed by atoms with van der Waals surface area (Å²) in [4.78, 5) is 16.0. The highest BCUT2D eigenvalue weighted by Crippen LogP contribution is 2.36. The molecule has 2 aromatic heterocycles. The Balaban J connectivity index is 2.15. The number of aromatic nitrogens is 3. The average molecular weight is 392 g/mol. The standard InChI is InChI=1S/C19H16ClF2N3O2/c1-10-18(26)17(19(27)25(2)24-10)16-12(13(20)5-6-14(16)21)4-3-11-7-8-23-15(22)9-11/h5-9,26H,3-4H2,1-2H3. The Morgan fingerprint density at radius 1 is 1.19 bits per heavy atom. The van der Waals surface area contributed by atoms with E-state index >= 15 is 0 Å². The molecule has 0 radical (unpaired) electrons. The summed E-state index contributed by atoms with van der Waals surface area (Å²) < 4.78 is 29.0. The second-order valence-electron chi connectivity index (χ2n) is 6.11. The molecule has 0 saturated carbocycles. The van der Waals surface area contributed by atoms with Crippen molar-refractivity contribution in [1.29, 1.82) is 0 Å². The average Bonchev–Trinajstić information content (AvgIpc) is 2.62. The predicted octanol–water partition coefficient (Wildman–Crippen LogP) is 3.57. The van der Waals surface area contributed by atoms with Crippen molar-refractivity contribution < 1.29 is 13.9 Å². The molecule has 2 heterocycles. The number of hydrogen-bond donors (Lipinski definition) is 1. The summed E-state index contributed by atoms with van der Waals surface area (Å²) in [6, 6.07) is 5.45. The van der Waals surface area contributed by atoms with E-state index in [4.69, 9.17) is 11.6 Å². The fourth-order valence-electron chi connectivity index (χ4n) is 2.96. The molecule has 0 aliphatic rings. The predicted molar refractivity (Wildman–Crippen MR) is 97.9 cm³/mol. The van der Waals surface area contributed by atoms with Crippen LogP contribution in [0.5, 0.6) is 5.75 Å². The van der Waals surface area contributed by atoms with E-state index < -0.39 is 23.1 Å². The molecule has 0 saturated heterocycles. The molecule has 140 valence electrons. The van der Waals surface area contributed by atoms with Crippen molar-refractivity contribution in [2.75, 3.05) is 0 Å². The fourth-order valence-corrected chi connectivity index (χ4v) is 3.22. The Bertz CT molecular complexity index is 1080. The maximum absolute atomic E-state index is 14.7. The van der Waals surface area contributed by atoms with Crippen molar-refractivity contribution in [2.24, 2.45) is 7.05 Å². The van der Waals surface area contributed by atoms with Crippen molar-refractivity contribution in [3.05, 3.63) is 74.4 Å². The lowest BCUT2D eigenvalue weighted by atomic mass is 9.94. The minimum atomic E-state index is -0.687. The maximum Gasteiger partial charge on any atom is 0.278 e. The van der Waals surface area contributed by atoms with Gasteiger partial charge in [-0.15, -0.1) is 0 Å². The highest BCUT2D eigenvalue weighted by atomic mass is 35.5. The molecular formula is C19H16ClF2N3O2. The van der Waals surface area contributed by atoms with Crippen LogP contribution in [-0.2, 0) is 19.9 Å². The Kier molecular flexibility index (Phi) is 5.23. The number of nitrogens with zero attached hydrogens (tertiary/aromatic N) is 3. The van der Waals surface area contributed by atoms with Gasteiger partial charge < -0.3 is 5.11 Å². The Morgan fingerprint density at radius 3 is 2.63 bits per heavy atom. The summed E-state index contributed by atoms with van der Waals surface area (Å²) in [5.41, 5.74) is 0.286.